The predicted molar refractivity (Wildman–Crippen MR) is 63.6 cm³/mol. The summed E-state index contributed by atoms with van der Waals surface area (Å²) < 4.78 is 0. The number of benzene rings is 1. The van der Waals surface area contributed by atoms with Crippen LogP contribution < -0.4 is 11.5 Å². The minimum Gasteiger partial charge on any atom is -0.508 e. The summed E-state index contributed by atoms with van der Waals surface area (Å²) in [4.78, 5) is 4.26. The molecule has 0 unspecified atom stereocenters. The van der Waals surface area contributed by atoms with E-state index in [1.807, 2.05) is 12.1 Å². The van der Waals surface area contributed by atoms with Gasteiger partial charge in [-0.3, -0.25) is 0 Å². The second-order valence-corrected chi connectivity index (χ2v) is 3.49. The van der Waals surface area contributed by atoms with Gasteiger partial charge in [-0.25, -0.2) is 4.98 Å². The number of pyridine rings is 1. The van der Waals surface area contributed by atoms with Crippen molar-refractivity contribution in [2.75, 3.05) is 5.73 Å². The molecule has 0 saturated carbocycles. The van der Waals surface area contributed by atoms with Crippen molar-refractivity contribution in [1.29, 1.82) is 0 Å². The molecule has 0 saturated heterocycles. The molecular weight excluding hydrogens is 202 g/mol. The second kappa shape index (κ2) is 4.20. The highest BCUT2D eigenvalue weighted by Gasteiger charge is 2.03. The van der Waals surface area contributed by atoms with Gasteiger partial charge in [0, 0.05) is 17.7 Å². The molecule has 1 aromatic carbocycles. The van der Waals surface area contributed by atoms with Crippen LogP contribution in [0, 0.1) is 0 Å². The van der Waals surface area contributed by atoms with Crippen LogP contribution in [0.3, 0.4) is 0 Å². The summed E-state index contributed by atoms with van der Waals surface area (Å²) in [6, 6.07) is 10.5. The smallest absolute Gasteiger partial charge is 0.128 e. The number of phenols is 1. The molecule has 0 aliphatic rings. The second-order valence-electron chi connectivity index (χ2n) is 3.49. The zero-order chi connectivity index (χ0) is 11.5. The van der Waals surface area contributed by atoms with Crippen LogP contribution in [0.4, 0.5) is 5.82 Å². The maximum Gasteiger partial charge on any atom is 0.128 e. The monoisotopic (exact) mass is 215 g/mol. The van der Waals surface area contributed by atoms with E-state index < -0.39 is 0 Å². The van der Waals surface area contributed by atoms with Crippen molar-refractivity contribution in [3.63, 3.8) is 0 Å². The number of nitrogens with zero attached hydrogens (tertiary/aromatic N) is 1. The minimum atomic E-state index is 0.232. The van der Waals surface area contributed by atoms with Gasteiger partial charge in [-0.05, 0) is 30.3 Å². The number of anilines is 1. The fraction of sp³-hybridized carbons (Fsp3) is 0.0833. The van der Waals surface area contributed by atoms with Gasteiger partial charge in [-0.2, -0.15) is 0 Å². The van der Waals surface area contributed by atoms with Gasteiger partial charge in [-0.15, -0.1) is 0 Å². The van der Waals surface area contributed by atoms with E-state index in [2.05, 4.69) is 4.98 Å². The zero-order valence-electron chi connectivity index (χ0n) is 8.72. The van der Waals surface area contributed by atoms with E-state index in [-0.39, 0.29) is 5.75 Å². The van der Waals surface area contributed by atoms with Crippen LogP contribution in [0.15, 0.2) is 36.4 Å². The largest absolute Gasteiger partial charge is 0.508 e. The topological polar surface area (TPSA) is 85.2 Å². The van der Waals surface area contributed by atoms with E-state index in [9.17, 15) is 5.11 Å². The Bertz CT molecular complexity index is 494. The Morgan fingerprint density at radius 1 is 1.06 bits per heavy atom. The number of phenolic OH excluding ortho intramolecular Hbond substituents is 1. The van der Waals surface area contributed by atoms with Crippen LogP contribution in [-0.4, -0.2) is 10.1 Å². The molecule has 1 heterocycles. The molecule has 2 rings (SSSR count). The number of rotatable bonds is 2. The summed E-state index contributed by atoms with van der Waals surface area (Å²) >= 11 is 0. The highest BCUT2D eigenvalue weighted by atomic mass is 16.3. The van der Waals surface area contributed by atoms with Gasteiger partial charge in [0.1, 0.15) is 11.6 Å². The quantitative estimate of drug-likeness (QED) is 0.708. The summed E-state index contributed by atoms with van der Waals surface area (Å²) in [5.74, 6) is 0.684. The molecule has 0 bridgehead atoms. The molecule has 82 valence electrons. The van der Waals surface area contributed by atoms with Gasteiger partial charge in [0.15, 0.2) is 0 Å². The van der Waals surface area contributed by atoms with Gasteiger partial charge in [0.05, 0.1) is 5.69 Å². The Kier molecular flexibility index (Phi) is 2.74. The SMILES string of the molecule is NCc1ccc(-c2ccc(O)cc2)nc1N. The Morgan fingerprint density at radius 2 is 1.75 bits per heavy atom. The molecule has 0 aliphatic carbocycles. The van der Waals surface area contributed by atoms with Gasteiger partial charge in [0.25, 0.3) is 0 Å². The number of nitrogen functional groups attached to an aromatic ring is 1. The van der Waals surface area contributed by atoms with Crippen LogP contribution in [0.5, 0.6) is 5.75 Å². The molecule has 0 amide bonds. The lowest BCUT2D eigenvalue weighted by Gasteiger charge is -2.05. The van der Waals surface area contributed by atoms with Crippen LogP contribution in [0.1, 0.15) is 5.56 Å². The summed E-state index contributed by atoms with van der Waals surface area (Å²) in [5, 5.41) is 9.18. The first kappa shape index (κ1) is 10.4. The van der Waals surface area contributed by atoms with E-state index in [4.69, 9.17) is 11.5 Å². The van der Waals surface area contributed by atoms with E-state index in [1.54, 1.807) is 24.3 Å². The van der Waals surface area contributed by atoms with Crippen molar-refractivity contribution in [2.45, 2.75) is 6.54 Å². The lowest BCUT2D eigenvalue weighted by Crippen LogP contribution is -2.03. The third-order valence-corrected chi connectivity index (χ3v) is 2.40. The van der Waals surface area contributed by atoms with Crippen LogP contribution in [-0.2, 0) is 6.54 Å². The molecule has 0 spiro atoms. The van der Waals surface area contributed by atoms with E-state index in [0.29, 0.717) is 12.4 Å². The van der Waals surface area contributed by atoms with Crippen LogP contribution in [0.25, 0.3) is 11.3 Å². The molecule has 0 radical (unpaired) electrons. The summed E-state index contributed by atoms with van der Waals surface area (Å²) in [7, 11) is 0. The molecule has 4 nitrogen and oxygen atoms in total. The highest BCUT2D eigenvalue weighted by Crippen LogP contribution is 2.22. The number of hydrogen-bond donors (Lipinski definition) is 3. The number of aromatic nitrogens is 1. The van der Waals surface area contributed by atoms with E-state index >= 15 is 0 Å². The molecule has 0 fully saturated rings. The molecule has 16 heavy (non-hydrogen) atoms. The molecule has 1 aromatic heterocycles. The molecule has 0 aliphatic heterocycles. The lowest BCUT2D eigenvalue weighted by atomic mass is 10.1. The number of aromatic hydroxyl groups is 1. The predicted octanol–water partition coefficient (Wildman–Crippen LogP) is 1.50. The lowest BCUT2D eigenvalue weighted by molar-refractivity contribution is 0.475. The molecule has 0 atom stereocenters. The number of nitrogens with two attached hydrogens (primary N) is 2. The van der Waals surface area contributed by atoms with Gasteiger partial charge >= 0.3 is 0 Å². The van der Waals surface area contributed by atoms with Gasteiger partial charge < -0.3 is 16.6 Å². The molecule has 5 N–H and O–H groups in total. The third kappa shape index (κ3) is 1.97. The van der Waals surface area contributed by atoms with E-state index in [0.717, 1.165) is 16.8 Å². The average molecular weight is 215 g/mol. The Balaban J connectivity index is 2.41. The fourth-order valence-corrected chi connectivity index (χ4v) is 1.47. The Hall–Kier alpha value is -2.07. The van der Waals surface area contributed by atoms with Crippen molar-refractivity contribution in [2.24, 2.45) is 5.73 Å². The zero-order valence-corrected chi connectivity index (χ0v) is 8.72. The molecule has 4 heteroatoms. The first-order valence-corrected chi connectivity index (χ1v) is 4.95. The first-order valence-electron chi connectivity index (χ1n) is 4.95. The van der Waals surface area contributed by atoms with Crippen LogP contribution >= 0.6 is 0 Å². The van der Waals surface area contributed by atoms with Crippen molar-refractivity contribution >= 4 is 5.82 Å². The maximum atomic E-state index is 9.18. The van der Waals surface area contributed by atoms with Crippen molar-refractivity contribution in [3.05, 3.63) is 42.0 Å². The summed E-state index contributed by atoms with van der Waals surface area (Å²) in [6.07, 6.45) is 0. The molecular formula is C12H13N3O. The molecule has 2 aromatic rings. The highest BCUT2D eigenvalue weighted by molar-refractivity contribution is 5.62. The minimum absolute atomic E-state index is 0.232. The van der Waals surface area contributed by atoms with Crippen LogP contribution in [0.2, 0.25) is 0 Å². The number of hydrogen-bond acceptors (Lipinski definition) is 4. The van der Waals surface area contributed by atoms with Crippen molar-refractivity contribution < 1.29 is 5.11 Å². The third-order valence-electron chi connectivity index (χ3n) is 2.40. The summed E-state index contributed by atoms with van der Waals surface area (Å²) in [6.45, 7) is 0.384. The van der Waals surface area contributed by atoms with Crippen molar-refractivity contribution in [1.82, 2.24) is 4.98 Å². The first-order chi connectivity index (χ1) is 7.70. The standard InChI is InChI=1S/C12H13N3O/c13-7-9-3-6-11(15-12(9)14)8-1-4-10(16)5-2-8/h1-6,16H,7,13H2,(H2,14,15). The Morgan fingerprint density at radius 3 is 2.31 bits per heavy atom. The van der Waals surface area contributed by atoms with Gasteiger partial charge in [0.2, 0.25) is 0 Å². The van der Waals surface area contributed by atoms with E-state index in [1.165, 1.54) is 0 Å². The normalized spacial score (nSPS) is 10.3. The maximum absolute atomic E-state index is 9.18. The Labute approximate surface area is 93.5 Å². The average Bonchev–Trinajstić information content (AvgIpc) is 2.30. The summed E-state index contributed by atoms with van der Waals surface area (Å²) in [5.41, 5.74) is 13.8. The van der Waals surface area contributed by atoms with Crippen molar-refractivity contribution in [3.8, 4) is 17.0 Å². The fourth-order valence-electron chi connectivity index (χ4n) is 1.47. The van der Waals surface area contributed by atoms with Gasteiger partial charge in [-0.1, -0.05) is 6.07 Å².